The summed E-state index contributed by atoms with van der Waals surface area (Å²) in [7, 11) is 0. The van der Waals surface area contributed by atoms with Crippen molar-refractivity contribution in [3.8, 4) is 0 Å². The average Bonchev–Trinajstić information content (AvgIpc) is 2.62. The van der Waals surface area contributed by atoms with Gasteiger partial charge in [0, 0.05) is 0 Å². The maximum Gasteiger partial charge on any atom is 0.364 e. The second-order valence-electron chi connectivity index (χ2n) is 7.31. The van der Waals surface area contributed by atoms with E-state index in [0.29, 0.717) is 11.8 Å². The van der Waals surface area contributed by atoms with E-state index in [0.717, 1.165) is 44.9 Å². The second-order valence-corrected chi connectivity index (χ2v) is 7.31. The fraction of sp³-hybridized carbons (Fsp3) is 0.857. The van der Waals surface area contributed by atoms with E-state index >= 15 is 0 Å². The highest BCUT2D eigenvalue weighted by Gasteiger charge is 2.22. The highest BCUT2D eigenvalue weighted by Crippen LogP contribution is 2.25. The minimum atomic E-state index is -0.809. The van der Waals surface area contributed by atoms with Gasteiger partial charge in [0.2, 0.25) is 5.70 Å². The molecule has 152 valence electrons. The van der Waals surface area contributed by atoms with Gasteiger partial charge in [-0.3, -0.25) is 0 Å². The predicted molar refractivity (Wildman–Crippen MR) is 107 cm³/mol. The average molecular weight is 370 g/mol. The van der Waals surface area contributed by atoms with Gasteiger partial charge < -0.3 is 9.84 Å². The van der Waals surface area contributed by atoms with Gasteiger partial charge in [-0.15, -0.1) is 4.91 Å². The van der Waals surface area contributed by atoms with Crippen LogP contribution in [0, 0.1) is 16.7 Å². The number of nitroso groups, excluding NO2 is 1. The van der Waals surface area contributed by atoms with E-state index in [2.05, 4.69) is 32.9 Å². The van der Waals surface area contributed by atoms with Crippen molar-refractivity contribution in [1.29, 1.82) is 0 Å². The van der Waals surface area contributed by atoms with Crippen molar-refractivity contribution >= 4 is 5.97 Å². The fourth-order valence-electron chi connectivity index (χ4n) is 3.31. The lowest BCUT2D eigenvalue weighted by Crippen LogP contribution is -2.22. The summed E-state index contributed by atoms with van der Waals surface area (Å²) in [5.41, 5.74) is -0.518. The highest BCUT2D eigenvalue weighted by molar-refractivity contribution is 5.88. The standard InChI is InChI=1S/C21H39NO4/c1-6-10-11-18(9-4)13-15-19(14-12-17(7-2)8-3)26-21(24)20(22-25)16(5)23/h17-19,23H,6-15H2,1-5H3/b20-16+. The Bertz CT molecular complexity index is 426. The maximum atomic E-state index is 12.2. The van der Waals surface area contributed by atoms with Crippen LogP contribution in [0.25, 0.3) is 0 Å². The number of hydrogen-bond acceptors (Lipinski definition) is 5. The normalized spacial score (nSPS) is 14.7. The number of carbonyl (C=O) groups excluding carboxylic acids is 1. The van der Waals surface area contributed by atoms with Crippen LogP contribution in [0.3, 0.4) is 0 Å². The molecule has 0 bridgehead atoms. The summed E-state index contributed by atoms with van der Waals surface area (Å²) in [6.07, 6.45) is 10.4. The molecule has 0 aliphatic rings. The zero-order chi connectivity index (χ0) is 19.9. The number of nitrogens with zero attached hydrogens (tertiary/aromatic N) is 1. The summed E-state index contributed by atoms with van der Waals surface area (Å²) in [6, 6.07) is 0. The number of rotatable bonds is 15. The molecule has 0 aliphatic heterocycles. The molecule has 5 heteroatoms. The van der Waals surface area contributed by atoms with Crippen LogP contribution in [-0.2, 0) is 9.53 Å². The van der Waals surface area contributed by atoms with E-state index < -0.39 is 17.4 Å². The second kappa shape index (κ2) is 14.7. The number of hydrogen-bond donors (Lipinski definition) is 1. The zero-order valence-corrected chi connectivity index (χ0v) is 17.4. The first-order valence-corrected chi connectivity index (χ1v) is 10.4. The molecule has 0 heterocycles. The Morgan fingerprint density at radius 1 is 0.923 bits per heavy atom. The molecule has 2 unspecified atom stereocenters. The van der Waals surface area contributed by atoms with E-state index in [1.165, 1.54) is 26.2 Å². The Morgan fingerprint density at radius 2 is 1.46 bits per heavy atom. The largest absolute Gasteiger partial charge is 0.510 e. The number of aliphatic hydroxyl groups excluding tert-OH is 1. The number of aliphatic hydroxyl groups is 1. The van der Waals surface area contributed by atoms with Gasteiger partial charge in [-0.2, -0.15) is 0 Å². The van der Waals surface area contributed by atoms with Crippen molar-refractivity contribution in [1.82, 2.24) is 0 Å². The Hall–Kier alpha value is -1.39. The maximum absolute atomic E-state index is 12.2. The molecule has 0 aliphatic carbocycles. The SMILES string of the molecule is CCCCC(CC)CCC(CCC(CC)CC)OC(=O)/C(N=O)=C(/C)O. The van der Waals surface area contributed by atoms with Crippen LogP contribution in [0.1, 0.15) is 98.8 Å². The molecule has 0 radical (unpaired) electrons. The molecule has 26 heavy (non-hydrogen) atoms. The van der Waals surface area contributed by atoms with Gasteiger partial charge in [0.05, 0.1) is 0 Å². The first-order valence-electron chi connectivity index (χ1n) is 10.4. The van der Waals surface area contributed by atoms with Crippen LogP contribution in [0.15, 0.2) is 16.6 Å². The van der Waals surface area contributed by atoms with Crippen molar-refractivity contribution in [2.45, 2.75) is 105 Å². The van der Waals surface area contributed by atoms with Crippen LogP contribution in [-0.4, -0.2) is 17.2 Å². The molecule has 1 N–H and O–H groups in total. The Morgan fingerprint density at radius 3 is 1.88 bits per heavy atom. The van der Waals surface area contributed by atoms with E-state index in [-0.39, 0.29) is 6.10 Å². The molecule has 0 saturated carbocycles. The Balaban J connectivity index is 4.90. The smallest absolute Gasteiger partial charge is 0.364 e. The monoisotopic (exact) mass is 369 g/mol. The van der Waals surface area contributed by atoms with E-state index in [1.54, 1.807) is 0 Å². The lowest BCUT2D eigenvalue weighted by atomic mass is 9.90. The molecular formula is C21H39NO4. The summed E-state index contributed by atoms with van der Waals surface area (Å²) in [6.45, 7) is 10.0. The fourth-order valence-corrected chi connectivity index (χ4v) is 3.31. The Labute approximate surface area is 159 Å². The van der Waals surface area contributed by atoms with Crippen molar-refractivity contribution in [2.24, 2.45) is 17.0 Å². The molecular weight excluding hydrogens is 330 g/mol. The lowest BCUT2D eigenvalue weighted by Gasteiger charge is -2.23. The highest BCUT2D eigenvalue weighted by atomic mass is 16.5. The summed E-state index contributed by atoms with van der Waals surface area (Å²) < 4.78 is 5.55. The third-order valence-corrected chi connectivity index (χ3v) is 5.39. The van der Waals surface area contributed by atoms with E-state index in [1.807, 2.05) is 0 Å². The third kappa shape index (κ3) is 9.93. The summed E-state index contributed by atoms with van der Waals surface area (Å²) in [5, 5.41) is 12.1. The molecule has 0 fully saturated rings. The number of ether oxygens (including phenoxy) is 1. The van der Waals surface area contributed by atoms with E-state index in [4.69, 9.17) is 4.74 Å². The molecule has 0 saturated heterocycles. The van der Waals surface area contributed by atoms with Gasteiger partial charge >= 0.3 is 5.97 Å². The minimum absolute atomic E-state index is 0.227. The van der Waals surface area contributed by atoms with Crippen molar-refractivity contribution in [3.63, 3.8) is 0 Å². The molecule has 0 aromatic rings. The van der Waals surface area contributed by atoms with Gasteiger partial charge in [0.15, 0.2) is 0 Å². The Kier molecular flexibility index (Phi) is 14.0. The number of carbonyl (C=O) groups is 1. The van der Waals surface area contributed by atoms with Crippen LogP contribution in [0.2, 0.25) is 0 Å². The first-order chi connectivity index (χ1) is 12.4. The van der Waals surface area contributed by atoms with Gasteiger partial charge in [-0.25, -0.2) is 4.79 Å². The van der Waals surface area contributed by atoms with Crippen LogP contribution >= 0.6 is 0 Å². The number of unbranched alkanes of at least 4 members (excludes halogenated alkanes) is 1. The topological polar surface area (TPSA) is 76.0 Å². The van der Waals surface area contributed by atoms with Crippen molar-refractivity contribution < 1.29 is 14.6 Å². The zero-order valence-electron chi connectivity index (χ0n) is 17.4. The van der Waals surface area contributed by atoms with Crippen LogP contribution < -0.4 is 0 Å². The van der Waals surface area contributed by atoms with Crippen LogP contribution in [0.5, 0.6) is 0 Å². The lowest BCUT2D eigenvalue weighted by molar-refractivity contribution is -0.145. The first kappa shape index (κ1) is 24.6. The van der Waals surface area contributed by atoms with Crippen molar-refractivity contribution in [3.05, 3.63) is 16.4 Å². The number of esters is 1. The van der Waals surface area contributed by atoms with Crippen molar-refractivity contribution in [2.75, 3.05) is 0 Å². The summed E-state index contributed by atoms with van der Waals surface area (Å²) in [5.74, 6) is 0.0643. The van der Waals surface area contributed by atoms with Gasteiger partial charge in [0.25, 0.3) is 0 Å². The molecule has 0 rings (SSSR count). The molecule has 0 aromatic heterocycles. The minimum Gasteiger partial charge on any atom is -0.510 e. The van der Waals surface area contributed by atoms with Gasteiger partial charge in [0.1, 0.15) is 11.9 Å². The molecule has 5 nitrogen and oxygen atoms in total. The molecule has 0 aromatic carbocycles. The molecule has 0 amide bonds. The molecule has 0 spiro atoms. The summed E-state index contributed by atoms with van der Waals surface area (Å²) in [4.78, 5) is 23.0. The van der Waals surface area contributed by atoms with Gasteiger partial charge in [-0.05, 0) is 49.6 Å². The quantitative estimate of drug-likeness (QED) is 0.151. The predicted octanol–water partition coefficient (Wildman–Crippen LogP) is 6.67. The third-order valence-electron chi connectivity index (χ3n) is 5.39. The molecule has 2 atom stereocenters. The van der Waals surface area contributed by atoms with E-state index in [9.17, 15) is 14.8 Å². The van der Waals surface area contributed by atoms with Crippen LogP contribution in [0.4, 0.5) is 0 Å². The van der Waals surface area contributed by atoms with Gasteiger partial charge in [-0.1, -0.05) is 66.2 Å². The summed E-state index contributed by atoms with van der Waals surface area (Å²) >= 11 is 0. The number of allylic oxidation sites excluding steroid dienone is 1.